The van der Waals surface area contributed by atoms with Crippen LogP contribution in [-0.4, -0.2) is 37.2 Å². The summed E-state index contributed by atoms with van der Waals surface area (Å²) in [5.41, 5.74) is 0. The minimum atomic E-state index is -0.768. The number of ether oxygens (including phenoxy) is 3. The predicted octanol–water partition coefficient (Wildman–Crippen LogP) is 18.7. The fourth-order valence-corrected chi connectivity index (χ4v) is 8.42. The number of allylic oxidation sites excluding steroid dienone is 4. The molecule has 0 fully saturated rings. The van der Waals surface area contributed by atoms with Gasteiger partial charge in [-0.05, 0) is 51.4 Å². The molecule has 0 aromatic carbocycles. The highest BCUT2D eigenvalue weighted by Crippen LogP contribution is 2.17. The van der Waals surface area contributed by atoms with Gasteiger partial charge in [-0.1, -0.05) is 263 Å². The first kappa shape index (κ1) is 61.9. The molecule has 0 spiro atoms. The van der Waals surface area contributed by atoms with Crippen molar-refractivity contribution in [2.24, 2.45) is 0 Å². The molecule has 0 aromatic rings. The van der Waals surface area contributed by atoms with Gasteiger partial charge in [-0.25, -0.2) is 0 Å². The molecular weight excluding hydrogens is 793 g/mol. The smallest absolute Gasteiger partial charge is 0.306 e. The standard InChI is InChI=1S/C58H108O6/c1-4-7-10-13-15-17-19-21-23-25-26-27-28-29-30-31-33-34-36-38-40-42-45-48-51-57(60)63-54-55(53-62-56(59)50-47-44-12-9-6-3)64-58(61)52-49-46-43-41-39-37-35-32-24-22-20-18-16-14-11-8-5-2/h16,18,22,24,55H,4-15,17,19-21,23,25-54H2,1-3H3/b18-16-,24-22-. The molecule has 0 aromatic heterocycles. The fraction of sp³-hybridized carbons (Fsp3) is 0.879. The zero-order valence-corrected chi connectivity index (χ0v) is 43.1. The van der Waals surface area contributed by atoms with E-state index in [9.17, 15) is 14.4 Å². The Morgan fingerprint density at radius 1 is 0.312 bits per heavy atom. The minimum Gasteiger partial charge on any atom is -0.462 e. The van der Waals surface area contributed by atoms with Gasteiger partial charge in [0.1, 0.15) is 13.2 Å². The Morgan fingerprint density at radius 2 is 0.562 bits per heavy atom. The third-order valence-electron chi connectivity index (χ3n) is 12.7. The molecule has 1 atom stereocenters. The second kappa shape index (κ2) is 53.5. The van der Waals surface area contributed by atoms with Crippen LogP contribution in [0.5, 0.6) is 0 Å². The number of rotatable bonds is 52. The van der Waals surface area contributed by atoms with Gasteiger partial charge in [0, 0.05) is 19.3 Å². The van der Waals surface area contributed by atoms with Gasteiger partial charge in [-0.15, -0.1) is 0 Å². The topological polar surface area (TPSA) is 78.9 Å². The van der Waals surface area contributed by atoms with Crippen molar-refractivity contribution in [3.8, 4) is 0 Å². The Bertz CT molecular complexity index is 1040. The molecule has 1 unspecified atom stereocenters. The number of esters is 3. The summed E-state index contributed by atoms with van der Waals surface area (Å²) >= 11 is 0. The van der Waals surface area contributed by atoms with Crippen molar-refractivity contribution in [1.82, 2.24) is 0 Å². The Kier molecular flexibility index (Phi) is 51.7. The number of hydrogen-bond acceptors (Lipinski definition) is 6. The van der Waals surface area contributed by atoms with Crippen molar-refractivity contribution in [2.45, 2.75) is 316 Å². The molecule has 0 aliphatic heterocycles. The van der Waals surface area contributed by atoms with E-state index in [4.69, 9.17) is 14.2 Å². The van der Waals surface area contributed by atoms with E-state index in [1.165, 1.54) is 193 Å². The molecule has 0 bridgehead atoms. The molecule has 6 nitrogen and oxygen atoms in total. The van der Waals surface area contributed by atoms with Gasteiger partial charge >= 0.3 is 17.9 Å². The van der Waals surface area contributed by atoms with Gasteiger partial charge in [0.05, 0.1) is 0 Å². The van der Waals surface area contributed by atoms with Gasteiger partial charge in [0.25, 0.3) is 0 Å². The largest absolute Gasteiger partial charge is 0.462 e. The maximum absolute atomic E-state index is 12.8. The van der Waals surface area contributed by atoms with Crippen LogP contribution >= 0.6 is 0 Å². The highest BCUT2D eigenvalue weighted by Gasteiger charge is 2.19. The van der Waals surface area contributed by atoms with Crippen molar-refractivity contribution in [3.05, 3.63) is 24.3 Å². The van der Waals surface area contributed by atoms with Gasteiger partial charge in [-0.3, -0.25) is 14.4 Å². The maximum atomic E-state index is 12.8. The maximum Gasteiger partial charge on any atom is 0.306 e. The molecule has 0 N–H and O–H groups in total. The van der Waals surface area contributed by atoms with Crippen LogP contribution in [0, 0.1) is 0 Å². The predicted molar refractivity (Wildman–Crippen MR) is 275 cm³/mol. The van der Waals surface area contributed by atoms with Crippen LogP contribution in [0.3, 0.4) is 0 Å². The van der Waals surface area contributed by atoms with Crippen LogP contribution in [0.15, 0.2) is 24.3 Å². The van der Waals surface area contributed by atoms with E-state index < -0.39 is 6.10 Å². The lowest BCUT2D eigenvalue weighted by Gasteiger charge is -2.18. The normalized spacial score (nSPS) is 12.1. The SMILES string of the molecule is CCCCC/C=C\C/C=C\CCCCCCCCCC(=O)OC(COC(=O)CCCCCCC)COC(=O)CCCCCCCCCCCCCCCCCCCCCCCCCC. The Morgan fingerprint density at radius 3 is 0.891 bits per heavy atom. The van der Waals surface area contributed by atoms with Crippen LogP contribution < -0.4 is 0 Å². The molecule has 0 saturated carbocycles. The van der Waals surface area contributed by atoms with E-state index in [-0.39, 0.29) is 31.1 Å². The third kappa shape index (κ3) is 50.9. The molecule has 0 rings (SSSR count). The van der Waals surface area contributed by atoms with E-state index in [2.05, 4.69) is 45.1 Å². The Labute approximate surface area is 398 Å². The summed E-state index contributed by atoms with van der Waals surface area (Å²) in [4.78, 5) is 37.7. The average molecular weight is 901 g/mol. The summed E-state index contributed by atoms with van der Waals surface area (Å²) in [7, 11) is 0. The van der Waals surface area contributed by atoms with Crippen LogP contribution in [0.1, 0.15) is 310 Å². The van der Waals surface area contributed by atoms with Crippen molar-refractivity contribution < 1.29 is 28.6 Å². The molecular formula is C58H108O6. The number of unbranched alkanes of at least 4 members (excludes halogenated alkanes) is 37. The first-order valence-electron chi connectivity index (χ1n) is 28.3. The minimum absolute atomic E-state index is 0.0707. The van der Waals surface area contributed by atoms with Gasteiger partial charge in [0.2, 0.25) is 0 Å². The van der Waals surface area contributed by atoms with Crippen LogP contribution in [0.25, 0.3) is 0 Å². The molecule has 376 valence electrons. The summed E-state index contributed by atoms with van der Waals surface area (Å²) in [6.45, 7) is 6.57. The van der Waals surface area contributed by atoms with Crippen LogP contribution in [0.2, 0.25) is 0 Å². The fourth-order valence-electron chi connectivity index (χ4n) is 8.42. The lowest BCUT2D eigenvalue weighted by molar-refractivity contribution is -0.167. The monoisotopic (exact) mass is 901 g/mol. The van der Waals surface area contributed by atoms with E-state index in [1.54, 1.807) is 0 Å². The number of carbonyl (C=O) groups is 3. The summed E-state index contributed by atoms with van der Waals surface area (Å²) in [5, 5.41) is 0. The lowest BCUT2D eigenvalue weighted by Crippen LogP contribution is -2.30. The first-order chi connectivity index (χ1) is 31.5. The first-order valence-corrected chi connectivity index (χ1v) is 28.3. The Balaban J connectivity index is 4.03. The van der Waals surface area contributed by atoms with Gasteiger partial charge in [-0.2, -0.15) is 0 Å². The van der Waals surface area contributed by atoms with Crippen molar-refractivity contribution in [2.75, 3.05) is 13.2 Å². The molecule has 6 heteroatoms. The third-order valence-corrected chi connectivity index (χ3v) is 12.7. The quantitative estimate of drug-likeness (QED) is 0.0262. The molecule has 0 aliphatic carbocycles. The summed E-state index contributed by atoms with van der Waals surface area (Å²) < 4.78 is 16.7. The molecule has 0 heterocycles. The summed E-state index contributed by atoms with van der Waals surface area (Å²) in [5.74, 6) is -0.877. The van der Waals surface area contributed by atoms with E-state index >= 15 is 0 Å². The second-order valence-electron chi connectivity index (χ2n) is 19.2. The highest BCUT2D eigenvalue weighted by atomic mass is 16.6. The molecule has 0 aliphatic rings. The van der Waals surface area contributed by atoms with E-state index in [0.717, 1.165) is 77.0 Å². The van der Waals surface area contributed by atoms with Crippen LogP contribution in [0.4, 0.5) is 0 Å². The molecule has 0 radical (unpaired) electrons. The molecule has 64 heavy (non-hydrogen) atoms. The average Bonchev–Trinajstić information content (AvgIpc) is 3.29. The molecule has 0 amide bonds. The van der Waals surface area contributed by atoms with E-state index in [0.29, 0.717) is 19.3 Å². The van der Waals surface area contributed by atoms with E-state index in [1.807, 2.05) is 0 Å². The number of carbonyl (C=O) groups excluding carboxylic acids is 3. The Hall–Kier alpha value is -2.11. The van der Waals surface area contributed by atoms with Gasteiger partial charge in [0.15, 0.2) is 6.10 Å². The zero-order chi connectivity index (χ0) is 46.5. The van der Waals surface area contributed by atoms with Crippen molar-refractivity contribution in [1.29, 1.82) is 0 Å². The zero-order valence-electron chi connectivity index (χ0n) is 43.1. The summed E-state index contributed by atoms with van der Waals surface area (Å²) in [6, 6.07) is 0. The van der Waals surface area contributed by atoms with Crippen LogP contribution in [-0.2, 0) is 28.6 Å². The highest BCUT2D eigenvalue weighted by molar-refractivity contribution is 5.71. The van der Waals surface area contributed by atoms with Gasteiger partial charge < -0.3 is 14.2 Å². The lowest BCUT2D eigenvalue weighted by atomic mass is 10.0. The summed E-state index contributed by atoms with van der Waals surface area (Å²) in [6.07, 6.45) is 62.2. The second-order valence-corrected chi connectivity index (χ2v) is 19.2. The number of hydrogen-bond donors (Lipinski definition) is 0. The van der Waals surface area contributed by atoms with Crippen molar-refractivity contribution >= 4 is 17.9 Å². The molecule has 0 saturated heterocycles. The van der Waals surface area contributed by atoms with Crippen molar-refractivity contribution in [3.63, 3.8) is 0 Å².